The zero-order valence-corrected chi connectivity index (χ0v) is 13.2. The van der Waals surface area contributed by atoms with Gasteiger partial charge in [0.25, 0.3) is 5.91 Å². The van der Waals surface area contributed by atoms with Crippen LogP contribution in [0, 0.1) is 6.92 Å². The highest BCUT2D eigenvalue weighted by atomic mass is 19.1. The molecule has 1 unspecified atom stereocenters. The quantitative estimate of drug-likeness (QED) is 0.875. The molecule has 0 radical (unpaired) electrons. The summed E-state index contributed by atoms with van der Waals surface area (Å²) in [6, 6.07) is 5.46. The summed E-state index contributed by atoms with van der Waals surface area (Å²) in [5.74, 6) is -0.597. The molecule has 1 aromatic carbocycles. The molecule has 1 amide bonds. The molecule has 1 heterocycles. The van der Waals surface area contributed by atoms with E-state index in [1.54, 1.807) is 6.92 Å². The molecule has 0 saturated carbocycles. The van der Waals surface area contributed by atoms with Gasteiger partial charge in [-0.05, 0) is 55.6 Å². The predicted octanol–water partition coefficient (Wildman–Crippen LogP) is 3.36. The summed E-state index contributed by atoms with van der Waals surface area (Å²) < 4.78 is 12.8. The number of halogens is 1. The van der Waals surface area contributed by atoms with Crippen molar-refractivity contribution in [1.82, 2.24) is 10.6 Å². The highest BCUT2D eigenvalue weighted by molar-refractivity contribution is 5.95. The van der Waals surface area contributed by atoms with Crippen LogP contribution >= 0.6 is 0 Å². The average molecular weight is 302 g/mol. The summed E-state index contributed by atoms with van der Waals surface area (Å²) in [4.78, 5) is 12.2. The lowest BCUT2D eigenvalue weighted by atomic mass is 9.94. The Morgan fingerprint density at radius 1 is 1.50 bits per heavy atom. The molecule has 3 nitrogen and oxygen atoms in total. The Balaban J connectivity index is 2.10. The van der Waals surface area contributed by atoms with Crippen LogP contribution in [0.4, 0.5) is 4.39 Å². The number of aryl methyl sites for hydroxylation is 1. The number of benzene rings is 1. The molecule has 4 heteroatoms. The van der Waals surface area contributed by atoms with Gasteiger partial charge in [-0.15, -0.1) is 0 Å². The van der Waals surface area contributed by atoms with Gasteiger partial charge in [0.1, 0.15) is 0 Å². The maximum atomic E-state index is 12.8. The summed E-state index contributed by atoms with van der Waals surface area (Å²) in [7, 11) is 0. The Morgan fingerprint density at radius 2 is 2.27 bits per heavy atom. The predicted molar refractivity (Wildman–Crippen MR) is 88.4 cm³/mol. The number of rotatable bonds is 5. The zero-order chi connectivity index (χ0) is 16.1. The second kappa shape index (κ2) is 7.36. The van der Waals surface area contributed by atoms with Crippen molar-refractivity contribution >= 4 is 11.5 Å². The van der Waals surface area contributed by atoms with E-state index in [1.165, 1.54) is 11.1 Å². The van der Waals surface area contributed by atoms with E-state index in [0.717, 1.165) is 25.1 Å². The zero-order valence-electron chi connectivity index (χ0n) is 13.2. The molecule has 0 fully saturated rings. The number of carbonyl (C=O) groups excluding carboxylic acids is 1. The topological polar surface area (TPSA) is 41.1 Å². The molecule has 1 aromatic rings. The van der Waals surface area contributed by atoms with Crippen LogP contribution in [-0.4, -0.2) is 25.0 Å². The van der Waals surface area contributed by atoms with E-state index >= 15 is 0 Å². The smallest absolute Gasteiger partial charge is 0.251 e. The Kier molecular flexibility index (Phi) is 5.50. The maximum Gasteiger partial charge on any atom is 0.251 e. The molecule has 0 spiro atoms. The molecular formula is C18H23FN2O. The molecule has 2 N–H and O–H groups in total. The van der Waals surface area contributed by atoms with E-state index in [-0.39, 0.29) is 18.4 Å². The fourth-order valence-electron chi connectivity index (χ4n) is 2.72. The number of nitrogens with one attached hydrogen (secondary N) is 2. The second-order valence-electron chi connectivity index (χ2n) is 5.81. The standard InChI is InChI=1S/C18H23FN2O/c1-12-10-16(18(22)21-14(3)11-13(2)19)4-5-17(12)15-6-8-20-9-7-15/h4-6,10,14,20H,2,7-9,11H2,1,3H3,(H,21,22). The lowest BCUT2D eigenvalue weighted by Gasteiger charge is -2.17. The van der Waals surface area contributed by atoms with Crippen LogP contribution in [0.2, 0.25) is 0 Å². The molecule has 1 atom stereocenters. The molecule has 1 aliphatic heterocycles. The van der Waals surface area contributed by atoms with Gasteiger partial charge in [0.15, 0.2) is 0 Å². The minimum absolute atomic E-state index is 0.142. The molecule has 118 valence electrons. The molecule has 0 aromatic heterocycles. The van der Waals surface area contributed by atoms with Gasteiger partial charge in [0.2, 0.25) is 0 Å². The fourth-order valence-corrected chi connectivity index (χ4v) is 2.72. The van der Waals surface area contributed by atoms with Crippen LogP contribution in [0.1, 0.15) is 41.3 Å². The van der Waals surface area contributed by atoms with E-state index in [0.29, 0.717) is 5.56 Å². The van der Waals surface area contributed by atoms with Crippen molar-refractivity contribution in [3.05, 3.63) is 53.4 Å². The second-order valence-corrected chi connectivity index (χ2v) is 5.81. The normalized spacial score (nSPS) is 15.9. The first-order valence-electron chi connectivity index (χ1n) is 7.62. The third-order valence-corrected chi connectivity index (χ3v) is 3.80. The van der Waals surface area contributed by atoms with Crippen molar-refractivity contribution in [2.45, 2.75) is 32.7 Å². The molecule has 22 heavy (non-hydrogen) atoms. The number of amides is 1. The van der Waals surface area contributed by atoms with E-state index < -0.39 is 5.83 Å². The van der Waals surface area contributed by atoms with Crippen molar-refractivity contribution in [1.29, 1.82) is 0 Å². The van der Waals surface area contributed by atoms with Crippen LogP contribution in [0.25, 0.3) is 5.57 Å². The Bertz CT molecular complexity index is 607. The van der Waals surface area contributed by atoms with Crippen LogP contribution in [-0.2, 0) is 0 Å². The van der Waals surface area contributed by atoms with E-state index in [1.807, 2.05) is 25.1 Å². The van der Waals surface area contributed by atoms with Crippen molar-refractivity contribution in [3.8, 4) is 0 Å². The van der Waals surface area contributed by atoms with Crippen molar-refractivity contribution in [2.75, 3.05) is 13.1 Å². The Morgan fingerprint density at radius 3 is 2.86 bits per heavy atom. The molecule has 2 rings (SSSR count). The SMILES string of the molecule is C=C(F)CC(C)NC(=O)c1ccc(C2=CCNCC2)c(C)c1. The van der Waals surface area contributed by atoms with Gasteiger partial charge in [0.05, 0.1) is 5.83 Å². The first-order valence-corrected chi connectivity index (χ1v) is 7.62. The van der Waals surface area contributed by atoms with E-state index in [4.69, 9.17) is 0 Å². The molecule has 0 aliphatic carbocycles. The lowest BCUT2D eigenvalue weighted by Crippen LogP contribution is -2.32. The van der Waals surface area contributed by atoms with Gasteiger partial charge in [-0.1, -0.05) is 18.7 Å². The minimum Gasteiger partial charge on any atom is -0.349 e. The number of hydrogen-bond donors (Lipinski definition) is 2. The van der Waals surface area contributed by atoms with Gasteiger partial charge < -0.3 is 10.6 Å². The maximum absolute atomic E-state index is 12.8. The highest BCUT2D eigenvalue weighted by Gasteiger charge is 2.14. The van der Waals surface area contributed by atoms with Crippen LogP contribution < -0.4 is 10.6 Å². The third kappa shape index (κ3) is 4.28. The molecule has 1 aliphatic rings. The first-order chi connectivity index (χ1) is 10.5. The van der Waals surface area contributed by atoms with Crippen LogP contribution in [0.3, 0.4) is 0 Å². The van der Waals surface area contributed by atoms with Crippen molar-refractivity contribution < 1.29 is 9.18 Å². The van der Waals surface area contributed by atoms with Gasteiger partial charge >= 0.3 is 0 Å². The molecule has 0 saturated heterocycles. The van der Waals surface area contributed by atoms with Gasteiger partial charge in [0, 0.05) is 24.6 Å². The van der Waals surface area contributed by atoms with Crippen molar-refractivity contribution in [3.63, 3.8) is 0 Å². The summed E-state index contributed by atoms with van der Waals surface area (Å²) in [5, 5.41) is 6.08. The van der Waals surface area contributed by atoms with Crippen LogP contribution in [0.15, 0.2) is 36.7 Å². The number of hydrogen-bond acceptors (Lipinski definition) is 2. The van der Waals surface area contributed by atoms with Crippen LogP contribution in [0.5, 0.6) is 0 Å². The monoisotopic (exact) mass is 302 g/mol. The van der Waals surface area contributed by atoms with Crippen molar-refractivity contribution in [2.24, 2.45) is 0 Å². The summed E-state index contributed by atoms with van der Waals surface area (Å²) in [5.41, 5.74) is 4.21. The van der Waals surface area contributed by atoms with Gasteiger partial charge in [-0.3, -0.25) is 4.79 Å². The summed E-state index contributed by atoms with van der Waals surface area (Å²) in [6.45, 7) is 8.88. The van der Waals surface area contributed by atoms with Gasteiger partial charge in [-0.25, -0.2) is 4.39 Å². The first kappa shape index (κ1) is 16.4. The van der Waals surface area contributed by atoms with E-state index in [9.17, 15) is 9.18 Å². The molecular weight excluding hydrogens is 279 g/mol. The third-order valence-electron chi connectivity index (χ3n) is 3.80. The summed E-state index contributed by atoms with van der Waals surface area (Å²) in [6.07, 6.45) is 3.34. The highest BCUT2D eigenvalue weighted by Crippen LogP contribution is 2.24. The lowest BCUT2D eigenvalue weighted by molar-refractivity contribution is 0.0939. The van der Waals surface area contributed by atoms with Gasteiger partial charge in [-0.2, -0.15) is 0 Å². The number of carbonyl (C=O) groups is 1. The Hall–Kier alpha value is -1.94. The summed E-state index contributed by atoms with van der Waals surface area (Å²) >= 11 is 0. The van der Waals surface area contributed by atoms with E-state index in [2.05, 4.69) is 23.3 Å². The molecule has 0 bridgehead atoms. The largest absolute Gasteiger partial charge is 0.349 e. The fraction of sp³-hybridized carbons (Fsp3) is 0.389. The average Bonchev–Trinajstić information content (AvgIpc) is 2.47. The minimum atomic E-state index is -0.419. The Labute approximate surface area is 131 Å².